The van der Waals surface area contributed by atoms with E-state index in [2.05, 4.69) is 5.32 Å². The van der Waals surface area contributed by atoms with Gasteiger partial charge in [0.15, 0.2) is 0 Å². The molecule has 0 aliphatic carbocycles. The summed E-state index contributed by atoms with van der Waals surface area (Å²) in [5.41, 5.74) is -0.685. The van der Waals surface area contributed by atoms with Gasteiger partial charge in [-0.25, -0.2) is 0 Å². The van der Waals surface area contributed by atoms with Crippen LogP contribution in [0.2, 0.25) is 0 Å². The van der Waals surface area contributed by atoms with E-state index in [0.717, 1.165) is 44.0 Å². The maximum absolute atomic E-state index is 12.1. The third-order valence-corrected chi connectivity index (χ3v) is 5.30. The molecule has 0 radical (unpaired) electrons. The second-order valence-corrected chi connectivity index (χ2v) is 6.59. The summed E-state index contributed by atoms with van der Waals surface area (Å²) in [6, 6.07) is 0. The molecule has 0 aromatic carbocycles. The first-order chi connectivity index (χ1) is 8.61. The Kier molecular flexibility index (Phi) is 4.92. The third-order valence-electron chi connectivity index (χ3n) is 4.06. The number of hydrogen-bond donors (Lipinski definition) is 2. The van der Waals surface area contributed by atoms with Crippen LogP contribution in [-0.2, 0) is 9.53 Å². The van der Waals surface area contributed by atoms with Crippen molar-refractivity contribution in [1.82, 2.24) is 5.32 Å². The highest BCUT2D eigenvalue weighted by molar-refractivity contribution is 7.99. The van der Waals surface area contributed by atoms with E-state index in [-0.39, 0.29) is 11.8 Å². The van der Waals surface area contributed by atoms with E-state index in [1.165, 1.54) is 0 Å². The van der Waals surface area contributed by atoms with Gasteiger partial charge in [-0.2, -0.15) is 11.8 Å². The summed E-state index contributed by atoms with van der Waals surface area (Å²) in [4.78, 5) is 12.1. The third kappa shape index (κ3) is 3.62. The van der Waals surface area contributed by atoms with Crippen molar-refractivity contribution in [1.29, 1.82) is 0 Å². The summed E-state index contributed by atoms with van der Waals surface area (Å²) < 4.78 is 5.31. The maximum Gasteiger partial charge on any atom is 0.223 e. The molecule has 0 spiro atoms. The molecule has 2 atom stereocenters. The van der Waals surface area contributed by atoms with E-state index in [1.54, 1.807) is 11.8 Å². The van der Waals surface area contributed by atoms with Gasteiger partial charge in [-0.15, -0.1) is 0 Å². The molecule has 2 aliphatic heterocycles. The molecule has 0 aromatic rings. The van der Waals surface area contributed by atoms with Crippen LogP contribution in [0, 0.1) is 11.8 Å². The van der Waals surface area contributed by atoms with Crippen molar-refractivity contribution in [2.24, 2.45) is 11.8 Å². The average Bonchev–Trinajstić information content (AvgIpc) is 2.83. The molecule has 104 valence electrons. The predicted molar refractivity (Wildman–Crippen MR) is 72.6 cm³/mol. The molecule has 2 N–H and O–H groups in total. The first-order valence-corrected chi connectivity index (χ1v) is 7.92. The summed E-state index contributed by atoms with van der Waals surface area (Å²) in [5, 5.41) is 13.1. The van der Waals surface area contributed by atoms with Gasteiger partial charge in [-0.3, -0.25) is 4.79 Å². The first kappa shape index (κ1) is 14.2. The molecule has 2 aliphatic rings. The summed E-state index contributed by atoms with van der Waals surface area (Å²) in [6.07, 6.45) is 2.72. The highest BCUT2D eigenvalue weighted by atomic mass is 32.2. The SMILES string of the molecule is C[C@H](C(=O)NC[C@]1(O)CCSC1)C1CCOCC1. The standard InChI is InChI=1S/C13H23NO3S/c1-10(11-2-5-17-6-3-11)12(15)14-8-13(16)4-7-18-9-13/h10-11,16H,2-9H2,1H3,(H,14,15)/t10-,13+/m0/s1. The molecule has 2 rings (SSSR count). The Hall–Kier alpha value is -0.260. The quantitative estimate of drug-likeness (QED) is 0.803. The molecule has 0 unspecified atom stereocenters. The van der Waals surface area contributed by atoms with Crippen molar-refractivity contribution in [3.8, 4) is 0 Å². The van der Waals surface area contributed by atoms with Crippen molar-refractivity contribution in [2.45, 2.75) is 31.8 Å². The highest BCUT2D eigenvalue weighted by Gasteiger charge is 2.33. The monoisotopic (exact) mass is 273 g/mol. The largest absolute Gasteiger partial charge is 0.387 e. The van der Waals surface area contributed by atoms with Crippen LogP contribution >= 0.6 is 11.8 Å². The molecular weight excluding hydrogens is 250 g/mol. The number of rotatable bonds is 4. The molecule has 18 heavy (non-hydrogen) atoms. The summed E-state index contributed by atoms with van der Waals surface area (Å²) >= 11 is 1.75. The van der Waals surface area contributed by atoms with Crippen LogP contribution in [0.4, 0.5) is 0 Å². The predicted octanol–water partition coefficient (Wildman–Crippen LogP) is 1.03. The zero-order chi connectivity index (χ0) is 13.0. The van der Waals surface area contributed by atoms with Gasteiger partial charge in [-0.1, -0.05) is 6.92 Å². The topological polar surface area (TPSA) is 58.6 Å². The molecule has 1 amide bonds. The van der Waals surface area contributed by atoms with Crippen LogP contribution in [0.5, 0.6) is 0 Å². The van der Waals surface area contributed by atoms with Gasteiger partial charge in [0, 0.05) is 31.4 Å². The van der Waals surface area contributed by atoms with Crippen molar-refractivity contribution >= 4 is 17.7 Å². The summed E-state index contributed by atoms with van der Waals surface area (Å²) in [7, 11) is 0. The minimum atomic E-state index is -0.685. The Labute approximate surface area is 113 Å². The number of hydrogen-bond acceptors (Lipinski definition) is 4. The smallest absolute Gasteiger partial charge is 0.223 e. The van der Waals surface area contributed by atoms with E-state index < -0.39 is 5.60 Å². The van der Waals surface area contributed by atoms with Crippen LogP contribution in [0.15, 0.2) is 0 Å². The fraction of sp³-hybridized carbons (Fsp3) is 0.923. The van der Waals surface area contributed by atoms with Gasteiger partial charge in [-0.05, 0) is 30.9 Å². The second-order valence-electron chi connectivity index (χ2n) is 5.48. The summed E-state index contributed by atoms with van der Waals surface area (Å²) in [5.74, 6) is 2.24. The number of ether oxygens (including phenoxy) is 1. The average molecular weight is 273 g/mol. The minimum Gasteiger partial charge on any atom is -0.387 e. The molecular formula is C13H23NO3S. The van der Waals surface area contributed by atoms with Crippen LogP contribution in [-0.4, -0.2) is 47.9 Å². The lowest BCUT2D eigenvalue weighted by Gasteiger charge is -2.28. The fourth-order valence-electron chi connectivity index (χ4n) is 2.58. The Morgan fingerprint density at radius 3 is 2.89 bits per heavy atom. The molecule has 0 saturated carbocycles. The molecule has 0 bridgehead atoms. The van der Waals surface area contributed by atoms with Crippen LogP contribution in [0.3, 0.4) is 0 Å². The number of nitrogens with one attached hydrogen (secondary N) is 1. The Morgan fingerprint density at radius 1 is 1.56 bits per heavy atom. The Morgan fingerprint density at radius 2 is 2.28 bits per heavy atom. The van der Waals surface area contributed by atoms with E-state index in [0.29, 0.717) is 12.5 Å². The lowest BCUT2D eigenvalue weighted by Crippen LogP contribution is -2.45. The normalized spacial score (nSPS) is 31.2. The van der Waals surface area contributed by atoms with Crippen LogP contribution in [0.1, 0.15) is 26.2 Å². The van der Waals surface area contributed by atoms with Gasteiger partial charge in [0.25, 0.3) is 0 Å². The molecule has 4 nitrogen and oxygen atoms in total. The van der Waals surface area contributed by atoms with E-state index in [4.69, 9.17) is 4.74 Å². The number of aliphatic hydroxyl groups is 1. The molecule has 2 heterocycles. The van der Waals surface area contributed by atoms with Crippen molar-refractivity contribution in [2.75, 3.05) is 31.3 Å². The Balaban J connectivity index is 1.76. The van der Waals surface area contributed by atoms with Crippen LogP contribution < -0.4 is 5.32 Å². The maximum atomic E-state index is 12.1. The second kappa shape index (κ2) is 6.26. The van der Waals surface area contributed by atoms with Crippen molar-refractivity contribution in [3.63, 3.8) is 0 Å². The van der Waals surface area contributed by atoms with Gasteiger partial charge in [0.2, 0.25) is 5.91 Å². The van der Waals surface area contributed by atoms with Gasteiger partial charge < -0.3 is 15.2 Å². The minimum absolute atomic E-state index is 0.0200. The summed E-state index contributed by atoms with van der Waals surface area (Å²) in [6.45, 7) is 3.91. The number of carbonyl (C=O) groups excluding carboxylic acids is 1. The van der Waals surface area contributed by atoms with Gasteiger partial charge in [0.1, 0.15) is 0 Å². The molecule has 5 heteroatoms. The van der Waals surface area contributed by atoms with E-state index >= 15 is 0 Å². The van der Waals surface area contributed by atoms with Crippen molar-refractivity contribution in [3.05, 3.63) is 0 Å². The Bertz CT molecular complexity index is 286. The first-order valence-electron chi connectivity index (χ1n) is 6.76. The highest BCUT2D eigenvalue weighted by Crippen LogP contribution is 2.28. The van der Waals surface area contributed by atoms with Gasteiger partial charge >= 0.3 is 0 Å². The van der Waals surface area contributed by atoms with Crippen molar-refractivity contribution < 1.29 is 14.6 Å². The van der Waals surface area contributed by atoms with Gasteiger partial charge in [0.05, 0.1) is 5.60 Å². The lowest BCUT2D eigenvalue weighted by molar-refractivity contribution is -0.128. The number of carbonyl (C=O) groups is 1. The molecule has 0 aromatic heterocycles. The van der Waals surface area contributed by atoms with E-state index in [1.807, 2.05) is 6.92 Å². The fourth-order valence-corrected chi connectivity index (χ4v) is 3.87. The zero-order valence-corrected chi connectivity index (χ0v) is 11.8. The number of thioether (sulfide) groups is 1. The molecule has 2 fully saturated rings. The number of amides is 1. The van der Waals surface area contributed by atoms with E-state index in [9.17, 15) is 9.90 Å². The van der Waals surface area contributed by atoms with Crippen LogP contribution in [0.25, 0.3) is 0 Å². The zero-order valence-electron chi connectivity index (χ0n) is 11.0. The lowest BCUT2D eigenvalue weighted by atomic mass is 9.86. The molecule has 2 saturated heterocycles.